The molecule has 25 heavy (non-hydrogen) atoms. The number of pyridine rings is 1. The van der Waals surface area contributed by atoms with Gasteiger partial charge in [0.25, 0.3) is 0 Å². The van der Waals surface area contributed by atoms with Gasteiger partial charge >= 0.3 is 5.97 Å². The zero-order valence-electron chi connectivity index (χ0n) is 13.6. The number of carboxylic acid groups (broad SMARTS) is 1. The molecule has 0 spiro atoms. The van der Waals surface area contributed by atoms with Gasteiger partial charge in [0, 0.05) is 60.5 Å². The molecule has 0 saturated heterocycles. The fourth-order valence-corrected chi connectivity index (χ4v) is 3.01. The minimum absolute atomic E-state index is 0.0814. The van der Waals surface area contributed by atoms with Crippen molar-refractivity contribution in [1.29, 1.82) is 0 Å². The average Bonchev–Trinajstić information content (AvgIpc) is 3.05. The highest BCUT2D eigenvalue weighted by Gasteiger charge is 2.26. The van der Waals surface area contributed by atoms with E-state index in [0.29, 0.717) is 18.8 Å². The van der Waals surface area contributed by atoms with Crippen LogP contribution in [0.4, 0.5) is 5.82 Å². The Morgan fingerprint density at radius 2 is 2.24 bits per heavy atom. The van der Waals surface area contributed by atoms with E-state index in [0.717, 1.165) is 34.9 Å². The molecule has 3 aromatic heterocycles. The molecule has 0 fully saturated rings. The Morgan fingerprint density at radius 1 is 1.36 bits per heavy atom. The predicted molar refractivity (Wildman–Crippen MR) is 90.3 cm³/mol. The van der Waals surface area contributed by atoms with Crippen molar-refractivity contribution in [3.05, 3.63) is 53.2 Å². The number of carbonyl (C=O) groups is 1. The van der Waals surface area contributed by atoms with Gasteiger partial charge in [0.2, 0.25) is 0 Å². The second-order valence-corrected chi connectivity index (χ2v) is 5.94. The van der Waals surface area contributed by atoms with E-state index in [-0.39, 0.29) is 5.69 Å². The highest BCUT2D eigenvalue weighted by Crippen LogP contribution is 2.26. The van der Waals surface area contributed by atoms with Gasteiger partial charge < -0.3 is 10.0 Å². The van der Waals surface area contributed by atoms with Crippen molar-refractivity contribution in [3.63, 3.8) is 0 Å². The van der Waals surface area contributed by atoms with Crippen molar-refractivity contribution >= 4 is 11.8 Å². The summed E-state index contributed by atoms with van der Waals surface area (Å²) in [5, 5.41) is 16.0. The molecule has 0 saturated carbocycles. The van der Waals surface area contributed by atoms with Crippen molar-refractivity contribution in [3.8, 4) is 11.4 Å². The molecule has 0 amide bonds. The molecule has 0 bridgehead atoms. The van der Waals surface area contributed by atoms with Gasteiger partial charge in [-0.25, -0.2) is 14.8 Å². The van der Waals surface area contributed by atoms with E-state index < -0.39 is 5.97 Å². The fraction of sp³-hybridized carbons (Fsp3) is 0.235. The molecule has 0 aliphatic carbocycles. The van der Waals surface area contributed by atoms with Crippen molar-refractivity contribution in [2.75, 3.05) is 11.4 Å². The second-order valence-electron chi connectivity index (χ2n) is 5.94. The van der Waals surface area contributed by atoms with Crippen LogP contribution in [0.25, 0.3) is 11.4 Å². The van der Waals surface area contributed by atoms with E-state index in [9.17, 15) is 9.90 Å². The number of rotatable bonds is 3. The number of carboxylic acids is 1. The first kappa shape index (κ1) is 15.3. The van der Waals surface area contributed by atoms with Crippen LogP contribution < -0.4 is 4.90 Å². The summed E-state index contributed by atoms with van der Waals surface area (Å²) in [6.07, 6.45) is 4.13. The number of aromatic amines is 1. The SMILES string of the molecule is Cc1cc(N2CCc3[nH]nc(C(=O)O)c3C2)nc(-c2cccnc2)n1. The Hall–Kier alpha value is -3.29. The maximum atomic E-state index is 11.3. The lowest BCUT2D eigenvalue weighted by Gasteiger charge is -2.28. The third kappa shape index (κ3) is 2.82. The Labute approximate surface area is 143 Å². The number of nitrogens with zero attached hydrogens (tertiary/aromatic N) is 5. The first-order chi connectivity index (χ1) is 12.1. The second kappa shape index (κ2) is 5.97. The van der Waals surface area contributed by atoms with Gasteiger partial charge in [-0.2, -0.15) is 5.10 Å². The number of hydrogen-bond acceptors (Lipinski definition) is 6. The Balaban J connectivity index is 1.70. The largest absolute Gasteiger partial charge is 0.476 e. The van der Waals surface area contributed by atoms with Crippen LogP contribution in [0, 0.1) is 6.92 Å². The van der Waals surface area contributed by atoms with E-state index in [4.69, 9.17) is 0 Å². The minimum Gasteiger partial charge on any atom is -0.476 e. The molecule has 4 rings (SSSR count). The molecule has 8 nitrogen and oxygen atoms in total. The molecule has 8 heteroatoms. The standard InChI is InChI=1S/C17H16N6O2/c1-10-7-14(20-16(19-10)11-3-2-5-18-8-11)23-6-4-13-12(9-23)15(17(24)25)22-21-13/h2-3,5,7-8H,4,6,9H2,1H3,(H,21,22)(H,24,25). The number of aromatic nitrogens is 5. The average molecular weight is 336 g/mol. The smallest absolute Gasteiger partial charge is 0.356 e. The van der Waals surface area contributed by atoms with Gasteiger partial charge in [-0.15, -0.1) is 0 Å². The first-order valence-electron chi connectivity index (χ1n) is 7.92. The van der Waals surface area contributed by atoms with Gasteiger partial charge in [-0.05, 0) is 19.1 Å². The van der Waals surface area contributed by atoms with Gasteiger partial charge in [-0.3, -0.25) is 10.1 Å². The van der Waals surface area contributed by atoms with E-state index in [2.05, 4.69) is 30.0 Å². The molecule has 126 valence electrons. The molecular weight excluding hydrogens is 320 g/mol. The Morgan fingerprint density at radius 3 is 3.00 bits per heavy atom. The van der Waals surface area contributed by atoms with Crippen LogP contribution in [-0.2, 0) is 13.0 Å². The van der Waals surface area contributed by atoms with Crippen molar-refractivity contribution in [1.82, 2.24) is 25.1 Å². The molecule has 1 aliphatic heterocycles. The summed E-state index contributed by atoms with van der Waals surface area (Å²) in [4.78, 5) is 26.7. The maximum absolute atomic E-state index is 11.3. The van der Waals surface area contributed by atoms with Gasteiger partial charge in [0.15, 0.2) is 11.5 Å². The van der Waals surface area contributed by atoms with Crippen LogP contribution >= 0.6 is 0 Å². The quantitative estimate of drug-likeness (QED) is 0.751. The topological polar surface area (TPSA) is 108 Å². The lowest BCUT2D eigenvalue weighted by molar-refractivity contribution is 0.0689. The predicted octanol–water partition coefficient (Wildman–Crippen LogP) is 1.83. The number of H-pyrrole nitrogens is 1. The number of aromatic carboxylic acids is 1. The van der Waals surface area contributed by atoms with Crippen LogP contribution in [0.2, 0.25) is 0 Å². The third-order valence-electron chi connectivity index (χ3n) is 4.22. The van der Waals surface area contributed by atoms with E-state index in [1.165, 1.54) is 0 Å². The Bertz CT molecular complexity index is 938. The Kier molecular flexibility index (Phi) is 3.64. The highest BCUT2D eigenvalue weighted by atomic mass is 16.4. The summed E-state index contributed by atoms with van der Waals surface area (Å²) >= 11 is 0. The number of anilines is 1. The zero-order valence-corrected chi connectivity index (χ0v) is 13.6. The molecule has 1 aliphatic rings. The van der Waals surface area contributed by atoms with Gasteiger partial charge in [-0.1, -0.05) is 0 Å². The molecule has 2 N–H and O–H groups in total. The maximum Gasteiger partial charge on any atom is 0.356 e. The molecule has 0 atom stereocenters. The minimum atomic E-state index is -1.02. The lowest BCUT2D eigenvalue weighted by Crippen LogP contribution is -2.31. The summed E-state index contributed by atoms with van der Waals surface area (Å²) in [5.41, 5.74) is 3.38. The molecule has 0 aromatic carbocycles. The number of nitrogens with one attached hydrogen (secondary N) is 1. The van der Waals surface area contributed by atoms with E-state index >= 15 is 0 Å². The van der Waals surface area contributed by atoms with Crippen molar-refractivity contribution in [2.24, 2.45) is 0 Å². The number of hydrogen-bond donors (Lipinski definition) is 2. The first-order valence-corrected chi connectivity index (χ1v) is 7.92. The van der Waals surface area contributed by atoms with Crippen LogP contribution in [-0.4, -0.2) is 42.8 Å². The van der Waals surface area contributed by atoms with Crippen LogP contribution in [0.15, 0.2) is 30.6 Å². The molecule has 0 radical (unpaired) electrons. The van der Waals surface area contributed by atoms with Crippen molar-refractivity contribution in [2.45, 2.75) is 19.9 Å². The monoisotopic (exact) mass is 336 g/mol. The van der Waals surface area contributed by atoms with Crippen molar-refractivity contribution < 1.29 is 9.90 Å². The molecule has 4 heterocycles. The summed E-state index contributed by atoms with van der Waals surface area (Å²) in [6.45, 7) is 3.11. The summed E-state index contributed by atoms with van der Waals surface area (Å²) < 4.78 is 0. The zero-order chi connectivity index (χ0) is 17.4. The van der Waals surface area contributed by atoms with Crippen LogP contribution in [0.5, 0.6) is 0 Å². The van der Waals surface area contributed by atoms with E-state index in [1.54, 1.807) is 12.4 Å². The highest BCUT2D eigenvalue weighted by molar-refractivity contribution is 5.87. The summed E-state index contributed by atoms with van der Waals surface area (Å²) in [7, 11) is 0. The normalized spacial score (nSPS) is 13.6. The van der Waals surface area contributed by atoms with Gasteiger partial charge in [0.05, 0.1) is 0 Å². The van der Waals surface area contributed by atoms with Crippen LogP contribution in [0.1, 0.15) is 27.4 Å². The summed E-state index contributed by atoms with van der Waals surface area (Å²) in [5.74, 6) is 0.364. The molecule has 3 aromatic rings. The third-order valence-corrected chi connectivity index (χ3v) is 4.22. The molecule has 0 unspecified atom stereocenters. The molecular formula is C17H16N6O2. The fourth-order valence-electron chi connectivity index (χ4n) is 3.01. The van der Waals surface area contributed by atoms with E-state index in [1.807, 2.05) is 25.1 Å². The van der Waals surface area contributed by atoms with Gasteiger partial charge in [0.1, 0.15) is 5.82 Å². The number of fused-ring (bicyclic) bond motifs is 1. The lowest BCUT2D eigenvalue weighted by atomic mass is 10.1. The summed E-state index contributed by atoms with van der Waals surface area (Å²) in [6, 6.07) is 5.67. The number of aryl methyl sites for hydroxylation is 1. The van der Waals surface area contributed by atoms with Crippen LogP contribution in [0.3, 0.4) is 0 Å².